The molecule has 1 N–H and O–H groups in total. The summed E-state index contributed by atoms with van der Waals surface area (Å²) in [7, 11) is -0.521. The summed E-state index contributed by atoms with van der Waals surface area (Å²) in [5, 5.41) is 9.81. The number of esters is 1. The Labute approximate surface area is 162 Å². The summed E-state index contributed by atoms with van der Waals surface area (Å²) in [6.07, 6.45) is 0.111. The molecule has 0 fully saturated rings. The van der Waals surface area contributed by atoms with E-state index in [1.807, 2.05) is 14.2 Å². The van der Waals surface area contributed by atoms with Crippen LogP contribution in [0.5, 0.6) is 0 Å². The van der Waals surface area contributed by atoms with Crippen LogP contribution in [-0.4, -0.2) is 74.7 Å². The predicted molar refractivity (Wildman–Crippen MR) is 111 cm³/mol. The van der Waals surface area contributed by atoms with Crippen molar-refractivity contribution in [1.29, 1.82) is 0 Å². The summed E-state index contributed by atoms with van der Waals surface area (Å²) >= 11 is 0. The molecule has 0 aromatic heterocycles. The fraction of sp³-hybridized carbons (Fsp3) is 0.824. The second-order valence-electron chi connectivity index (χ2n) is 7.19. The molecule has 0 aromatic rings. The van der Waals surface area contributed by atoms with Crippen LogP contribution in [0, 0.1) is 0 Å². The molecule has 0 aliphatic carbocycles. The van der Waals surface area contributed by atoms with E-state index in [4.69, 9.17) is 18.3 Å². The van der Waals surface area contributed by atoms with Crippen molar-refractivity contribution in [2.45, 2.75) is 58.1 Å². The van der Waals surface area contributed by atoms with Crippen molar-refractivity contribution in [3.05, 3.63) is 12.2 Å². The van der Waals surface area contributed by atoms with Crippen LogP contribution < -0.4 is 0 Å². The number of hydrogen-bond donors (Lipinski definition) is 1. The third-order valence-corrected chi connectivity index (χ3v) is 33.8. The summed E-state index contributed by atoms with van der Waals surface area (Å²) in [5.41, 5.74) is 0.319. The van der Waals surface area contributed by atoms with Crippen molar-refractivity contribution in [2.75, 3.05) is 34.0 Å². The average Bonchev–Trinajstić information content (AvgIpc) is 2.61. The first kappa shape index (κ1) is 25.7. The largest absolute Gasteiger partial charge is 0.460 e. The lowest BCUT2D eigenvalue weighted by Crippen LogP contribution is -2.64. The Balaban J connectivity index is 4.36. The number of carbonyl (C=O) groups is 1. The van der Waals surface area contributed by atoms with E-state index < -0.39 is 35.6 Å². The van der Waals surface area contributed by atoms with Crippen LogP contribution in [0.15, 0.2) is 12.2 Å². The van der Waals surface area contributed by atoms with Crippen molar-refractivity contribution in [3.63, 3.8) is 0 Å². The monoisotopic (exact) mass is 421 g/mol. The quantitative estimate of drug-likeness (QED) is 0.201. The Morgan fingerprint density at radius 1 is 1.19 bits per heavy atom. The molecule has 0 aliphatic rings. The Morgan fingerprint density at radius 3 is 2.27 bits per heavy atom. The number of hydrogen-bond acceptors (Lipinski definition) is 6. The van der Waals surface area contributed by atoms with Gasteiger partial charge in [0, 0.05) is 26.4 Å². The van der Waals surface area contributed by atoms with Crippen LogP contribution in [0.1, 0.15) is 20.3 Å². The molecule has 1 radical (unpaired) electrons. The van der Waals surface area contributed by atoms with Gasteiger partial charge in [0.2, 0.25) is 0 Å². The molecule has 0 saturated heterocycles. The Kier molecular flexibility index (Phi) is 12.1. The van der Waals surface area contributed by atoms with Gasteiger partial charge in [-0.2, -0.15) is 0 Å². The summed E-state index contributed by atoms with van der Waals surface area (Å²) in [6, 6.07) is 2.20. The van der Waals surface area contributed by atoms with Crippen molar-refractivity contribution in [1.82, 2.24) is 0 Å². The minimum absolute atomic E-state index is 0.0746. The molecule has 6 nitrogen and oxygen atoms in total. The molecule has 0 aliphatic heterocycles. The highest BCUT2D eigenvalue weighted by atomic mass is 29.6. The molecule has 2 atom stereocenters. The molecule has 153 valence electrons. The summed E-state index contributed by atoms with van der Waals surface area (Å²) < 4.78 is 22.4. The van der Waals surface area contributed by atoms with Crippen molar-refractivity contribution in [2.24, 2.45) is 0 Å². The third kappa shape index (κ3) is 8.59. The van der Waals surface area contributed by atoms with E-state index in [1.54, 1.807) is 6.92 Å². The smallest absolute Gasteiger partial charge is 0.333 e. The second kappa shape index (κ2) is 12.2. The normalized spacial score (nSPS) is 15.6. The molecule has 0 rings (SSSR count). The summed E-state index contributed by atoms with van der Waals surface area (Å²) in [4.78, 5) is 11.3. The van der Waals surface area contributed by atoms with Crippen LogP contribution in [0.25, 0.3) is 0 Å². The molecular formula is C17H37O6Si3. The van der Waals surface area contributed by atoms with Gasteiger partial charge in [-0.15, -0.1) is 0 Å². The Hall–Kier alpha value is -0.299. The maximum absolute atomic E-state index is 11.3. The number of aliphatic hydroxyl groups is 1. The first-order valence-corrected chi connectivity index (χ1v) is 18.3. The van der Waals surface area contributed by atoms with Gasteiger partial charge in [-0.05, 0) is 39.0 Å². The molecule has 0 heterocycles. The van der Waals surface area contributed by atoms with Crippen LogP contribution >= 0.6 is 0 Å². The van der Waals surface area contributed by atoms with Gasteiger partial charge >= 0.3 is 5.97 Å². The van der Waals surface area contributed by atoms with E-state index in [2.05, 4.69) is 33.1 Å². The lowest BCUT2D eigenvalue weighted by molar-refractivity contribution is -0.143. The summed E-state index contributed by atoms with van der Waals surface area (Å²) in [6.45, 7) is 14.9. The van der Waals surface area contributed by atoms with E-state index in [1.165, 1.54) is 0 Å². The minimum atomic E-state index is -1.73. The highest BCUT2D eigenvalue weighted by Crippen LogP contribution is 2.26. The first-order valence-electron chi connectivity index (χ1n) is 9.09. The van der Waals surface area contributed by atoms with E-state index in [9.17, 15) is 9.90 Å². The average molecular weight is 422 g/mol. The molecule has 9 heteroatoms. The van der Waals surface area contributed by atoms with Gasteiger partial charge in [0.1, 0.15) is 20.5 Å². The third-order valence-electron chi connectivity index (χ3n) is 4.78. The van der Waals surface area contributed by atoms with Crippen molar-refractivity contribution < 1.29 is 28.2 Å². The SMILES string of the molecule is C=C(C)C(=O)OCC(O)COCCC[Si]([Si](C)(C)OC)[Si](C)(CC)OC. The minimum Gasteiger partial charge on any atom is -0.460 e. The first-order chi connectivity index (χ1) is 12.0. The fourth-order valence-electron chi connectivity index (χ4n) is 2.72. The fourth-order valence-corrected chi connectivity index (χ4v) is 32.8. The van der Waals surface area contributed by atoms with Gasteiger partial charge in [0.25, 0.3) is 0 Å². The van der Waals surface area contributed by atoms with Gasteiger partial charge < -0.3 is 23.4 Å². The Morgan fingerprint density at radius 2 is 1.81 bits per heavy atom. The zero-order valence-electron chi connectivity index (χ0n) is 17.5. The molecule has 2 unspecified atom stereocenters. The standard InChI is InChI=1S/C17H37O6Si3/c1-9-26(8,21-5)24(25(6,7)20-4)12-10-11-22-13-16(18)14-23-17(19)15(2)3/h16,18H,2,9-14H2,1,3-8H3. The van der Waals surface area contributed by atoms with Crippen molar-refractivity contribution in [3.8, 4) is 0 Å². The van der Waals surface area contributed by atoms with Crippen LogP contribution in [0.4, 0.5) is 0 Å². The zero-order chi connectivity index (χ0) is 20.4. The number of aliphatic hydroxyl groups excluding tert-OH is 1. The van der Waals surface area contributed by atoms with E-state index in [-0.39, 0.29) is 13.2 Å². The highest BCUT2D eigenvalue weighted by Gasteiger charge is 2.48. The molecule has 26 heavy (non-hydrogen) atoms. The van der Waals surface area contributed by atoms with Gasteiger partial charge in [0.05, 0.1) is 6.61 Å². The maximum atomic E-state index is 11.3. The second-order valence-corrected chi connectivity index (χ2v) is 27.6. The van der Waals surface area contributed by atoms with E-state index >= 15 is 0 Å². The van der Waals surface area contributed by atoms with Gasteiger partial charge in [-0.3, -0.25) is 0 Å². The van der Waals surface area contributed by atoms with Crippen molar-refractivity contribution >= 4 is 29.5 Å². The van der Waals surface area contributed by atoms with Gasteiger partial charge in [-0.1, -0.05) is 19.5 Å². The van der Waals surface area contributed by atoms with Gasteiger partial charge in [-0.25, -0.2) is 4.79 Å². The molecular weight excluding hydrogens is 384 g/mol. The molecule has 0 saturated carbocycles. The lowest BCUT2D eigenvalue weighted by atomic mass is 10.3. The molecule has 0 spiro atoms. The lowest BCUT2D eigenvalue weighted by Gasteiger charge is -2.40. The summed E-state index contributed by atoms with van der Waals surface area (Å²) in [5.74, 6) is -0.494. The van der Waals surface area contributed by atoms with Crippen LogP contribution in [0.2, 0.25) is 31.7 Å². The highest BCUT2D eigenvalue weighted by molar-refractivity contribution is 7.58. The zero-order valence-corrected chi connectivity index (χ0v) is 20.5. The molecule has 0 bridgehead atoms. The Bertz CT molecular complexity index is 440. The predicted octanol–water partition coefficient (Wildman–Crippen LogP) is 2.62. The van der Waals surface area contributed by atoms with E-state index in [0.717, 1.165) is 18.5 Å². The molecule has 0 aromatic carbocycles. The van der Waals surface area contributed by atoms with Crippen LogP contribution in [0.3, 0.4) is 0 Å². The number of carbonyl (C=O) groups excluding carboxylic acids is 1. The van der Waals surface area contributed by atoms with Gasteiger partial charge in [0.15, 0.2) is 15.7 Å². The maximum Gasteiger partial charge on any atom is 0.333 e. The number of ether oxygens (including phenoxy) is 2. The molecule has 0 amide bonds. The van der Waals surface area contributed by atoms with E-state index in [0.29, 0.717) is 12.2 Å². The number of rotatable bonds is 14. The topological polar surface area (TPSA) is 74.2 Å². The van der Waals surface area contributed by atoms with Crippen LogP contribution in [-0.2, 0) is 23.1 Å².